The molecule has 0 fully saturated rings. The number of carbonyl (C=O) groups excluding carboxylic acids is 1. The molecule has 1 aliphatic rings. The first-order chi connectivity index (χ1) is 5.34. The summed E-state index contributed by atoms with van der Waals surface area (Å²) in [5.74, 6) is -0.308. The SMILES string of the molecule is CCOC(=O)C1=CNNC=C1. The molecule has 4 heteroatoms. The fourth-order valence-corrected chi connectivity index (χ4v) is 0.688. The van der Waals surface area contributed by atoms with Gasteiger partial charge in [0.15, 0.2) is 0 Å². The number of hydrogen-bond acceptors (Lipinski definition) is 4. The predicted octanol–water partition coefficient (Wildman–Crippen LogP) is 0.0549. The third kappa shape index (κ3) is 2.00. The van der Waals surface area contributed by atoms with Crippen molar-refractivity contribution in [3.63, 3.8) is 0 Å². The third-order valence-corrected chi connectivity index (χ3v) is 1.17. The van der Waals surface area contributed by atoms with Crippen LogP contribution in [-0.2, 0) is 9.53 Å². The van der Waals surface area contributed by atoms with Crippen LogP contribution in [0.15, 0.2) is 24.0 Å². The fourth-order valence-electron chi connectivity index (χ4n) is 0.688. The normalized spacial score (nSPS) is 14.5. The second-order valence-corrected chi connectivity index (χ2v) is 1.94. The van der Waals surface area contributed by atoms with E-state index in [0.29, 0.717) is 12.2 Å². The van der Waals surface area contributed by atoms with E-state index < -0.39 is 0 Å². The Morgan fingerprint density at radius 1 is 1.64 bits per heavy atom. The molecule has 0 spiro atoms. The van der Waals surface area contributed by atoms with E-state index in [4.69, 9.17) is 4.74 Å². The van der Waals surface area contributed by atoms with Crippen LogP contribution in [0.5, 0.6) is 0 Å². The number of ether oxygens (including phenoxy) is 1. The highest BCUT2D eigenvalue weighted by molar-refractivity contribution is 5.91. The molecule has 4 nitrogen and oxygen atoms in total. The van der Waals surface area contributed by atoms with E-state index in [-0.39, 0.29) is 5.97 Å². The third-order valence-electron chi connectivity index (χ3n) is 1.17. The highest BCUT2D eigenvalue weighted by Gasteiger charge is 2.07. The first kappa shape index (κ1) is 7.65. The van der Waals surface area contributed by atoms with Gasteiger partial charge in [0.2, 0.25) is 0 Å². The smallest absolute Gasteiger partial charge is 0.339 e. The molecule has 0 amide bonds. The lowest BCUT2D eigenvalue weighted by molar-refractivity contribution is -0.138. The Morgan fingerprint density at radius 2 is 2.45 bits per heavy atom. The largest absolute Gasteiger partial charge is 0.462 e. The van der Waals surface area contributed by atoms with Crippen LogP contribution < -0.4 is 10.9 Å². The van der Waals surface area contributed by atoms with Crippen molar-refractivity contribution < 1.29 is 9.53 Å². The van der Waals surface area contributed by atoms with Crippen LogP contribution in [0.25, 0.3) is 0 Å². The summed E-state index contributed by atoms with van der Waals surface area (Å²) < 4.78 is 4.76. The van der Waals surface area contributed by atoms with Gasteiger partial charge in [-0.1, -0.05) is 0 Å². The van der Waals surface area contributed by atoms with Crippen LogP contribution in [-0.4, -0.2) is 12.6 Å². The van der Waals surface area contributed by atoms with Gasteiger partial charge in [-0.2, -0.15) is 0 Å². The van der Waals surface area contributed by atoms with Crippen molar-refractivity contribution in [2.75, 3.05) is 6.61 Å². The van der Waals surface area contributed by atoms with E-state index in [0.717, 1.165) is 0 Å². The number of hydrogen-bond donors (Lipinski definition) is 2. The number of hydrazine groups is 1. The Balaban J connectivity index is 2.52. The molecule has 1 aliphatic heterocycles. The van der Waals surface area contributed by atoms with Crippen molar-refractivity contribution in [3.05, 3.63) is 24.0 Å². The summed E-state index contributed by atoms with van der Waals surface area (Å²) >= 11 is 0. The molecular weight excluding hydrogens is 144 g/mol. The molecule has 0 saturated heterocycles. The molecule has 2 N–H and O–H groups in total. The van der Waals surface area contributed by atoms with Crippen molar-refractivity contribution >= 4 is 5.97 Å². The lowest BCUT2D eigenvalue weighted by atomic mass is 10.3. The van der Waals surface area contributed by atoms with Crippen LogP contribution in [0.3, 0.4) is 0 Å². The summed E-state index contributed by atoms with van der Waals surface area (Å²) in [7, 11) is 0. The topological polar surface area (TPSA) is 50.4 Å². The Kier molecular flexibility index (Phi) is 2.54. The molecule has 60 valence electrons. The van der Waals surface area contributed by atoms with Gasteiger partial charge in [-0.15, -0.1) is 0 Å². The van der Waals surface area contributed by atoms with Crippen LogP contribution in [0, 0.1) is 0 Å². The quantitative estimate of drug-likeness (QED) is 0.552. The minimum absolute atomic E-state index is 0.308. The van der Waals surface area contributed by atoms with E-state index >= 15 is 0 Å². The fraction of sp³-hybridized carbons (Fsp3) is 0.286. The summed E-state index contributed by atoms with van der Waals surface area (Å²) in [6.45, 7) is 2.17. The zero-order chi connectivity index (χ0) is 8.10. The van der Waals surface area contributed by atoms with E-state index in [1.54, 1.807) is 25.4 Å². The highest BCUT2D eigenvalue weighted by atomic mass is 16.5. The Morgan fingerprint density at radius 3 is 3.00 bits per heavy atom. The summed E-state index contributed by atoms with van der Waals surface area (Å²) in [6.07, 6.45) is 4.83. The molecule has 11 heavy (non-hydrogen) atoms. The average molecular weight is 154 g/mol. The zero-order valence-electron chi connectivity index (χ0n) is 6.26. The second-order valence-electron chi connectivity index (χ2n) is 1.94. The minimum atomic E-state index is -0.308. The van der Waals surface area contributed by atoms with Crippen LogP contribution >= 0.6 is 0 Å². The van der Waals surface area contributed by atoms with Gasteiger partial charge in [0.25, 0.3) is 0 Å². The van der Waals surface area contributed by atoms with Crippen LogP contribution in [0.4, 0.5) is 0 Å². The standard InChI is InChI=1S/C7H10N2O2/c1-2-11-7(10)6-3-4-8-9-5-6/h3-5,8-9H,2H2,1H3. The molecule has 0 aromatic carbocycles. The second kappa shape index (κ2) is 3.65. The summed E-state index contributed by atoms with van der Waals surface area (Å²) in [5.41, 5.74) is 5.89. The Hall–Kier alpha value is -1.45. The van der Waals surface area contributed by atoms with Gasteiger partial charge in [0.05, 0.1) is 12.2 Å². The summed E-state index contributed by atoms with van der Waals surface area (Å²) in [6, 6.07) is 0. The van der Waals surface area contributed by atoms with Crippen molar-refractivity contribution in [1.82, 2.24) is 10.9 Å². The molecule has 0 unspecified atom stereocenters. The van der Waals surface area contributed by atoms with Gasteiger partial charge < -0.3 is 15.6 Å². The number of nitrogens with one attached hydrogen (secondary N) is 2. The van der Waals surface area contributed by atoms with Gasteiger partial charge in [-0.25, -0.2) is 4.79 Å². The van der Waals surface area contributed by atoms with E-state index in [2.05, 4.69) is 10.9 Å². The molecule has 0 aromatic rings. The van der Waals surface area contributed by atoms with Crippen molar-refractivity contribution in [1.29, 1.82) is 0 Å². The van der Waals surface area contributed by atoms with Crippen molar-refractivity contribution in [2.45, 2.75) is 6.92 Å². The first-order valence-electron chi connectivity index (χ1n) is 3.39. The highest BCUT2D eigenvalue weighted by Crippen LogP contribution is 2.00. The number of rotatable bonds is 2. The van der Waals surface area contributed by atoms with E-state index in [9.17, 15) is 4.79 Å². The van der Waals surface area contributed by atoms with Crippen LogP contribution in [0.1, 0.15) is 6.92 Å². The molecular formula is C7H10N2O2. The van der Waals surface area contributed by atoms with Gasteiger partial charge >= 0.3 is 5.97 Å². The predicted molar refractivity (Wildman–Crippen MR) is 40.1 cm³/mol. The maximum atomic E-state index is 11.0. The molecule has 1 heterocycles. The Labute approximate surface area is 64.9 Å². The minimum Gasteiger partial charge on any atom is -0.462 e. The monoisotopic (exact) mass is 154 g/mol. The molecule has 0 atom stereocenters. The van der Waals surface area contributed by atoms with Crippen LogP contribution in [0.2, 0.25) is 0 Å². The average Bonchev–Trinajstić information content (AvgIpc) is 2.07. The number of carbonyl (C=O) groups is 1. The van der Waals surface area contributed by atoms with E-state index in [1.165, 1.54) is 0 Å². The van der Waals surface area contributed by atoms with Gasteiger partial charge in [0.1, 0.15) is 0 Å². The lowest BCUT2D eigenvalue weighted by Crippen LogP contribution is -2.25. The number of esters is 1. The molecule has 0 bridgehead atoms. The molecule has 1 rings (SSSR count). The summed E-state index contributed by atoms with van der Waals surface area (Å²) in [4.78, 5) is 11.0. The van der Waals surface area contributed by atoms with Crippen molar-refractivity contribution in [2.24, 2.45) is 0 Å². The summed E-state index contributed by atoms with van der Waals surface area (Å²) in [5, 5.41) is 0. The zero-order valence-corrected chi connectivity index (χ0v) is 6.26. The molecule has 0 radical (unpaired) electrons. The van der Waals surface area contributed by atoms with Gasteiger partial charge in [-0.05, 0) is 13.0 Å². The van der Waals surface area contributed by atoms with Gasteiger partial charge in [0, 0.05) is 12.4 Å². The van der Waals surface area contributed by atoms with Crippen molar-refractivity contribution in [3.8, 4) is 0 Å². The maximum Gasteiger partial charge on any atom is 0.339 e. The lowest BCUT2D eigenvalue weighted by Gasteiger charge is -2.08. The van der Waals surface area contributed by atoms with Gasteiger partial charge in [-0.3, -0.25) is 0 Å². The van der Waals surface area contributed by atoms with E-state index in [1.807, 2.05) is 0 Å². The molecule has 0 aromatic heterocycles. The Bertz CT molecular complexity index is 208. The first-order valence-corrected chi connectivity index (χ1v) is 3.39. The molecule has 0 saturated carbocycles. The molecule has 0 aliphatic carbocycles. The maximum absolute atomic E-state index is 11.0.